The van der Waals surface area contributed by atoms with E-state index < -0.39 is 0 Å². The van der Waals surface area contributed by atoms with Gasteiger partial charge in [-0.25, -0.2) is 0 Å². The Labute approximate surface area is 116 Å². The minimum atomic E-state index is -0.164. The van der Waals surface area contributed by atoms with Crippen LogP contribution in [0.2, 0.25) is 0 Å². The zero-order valence-corrected chi connectivity index (χ0v) is 12.5. The van der Waals surface area contributed by atoms with Gasteiger partial charge in [-0.05, 0) is 43.4 Å². The van der Waals surface area contributed by atoms with E-state index in [-0.39, 0.29) is 5.97 Å². The summed E-state index contributed by atoms with van der Waals surface area (Å²) in [5, 5.41) is 3.35. The summed E-state index contributed by atoms with van der Waals surface area (Å²) in [4.78, 5) is 11.0. The van der Waals surface area contributed by atoms with Crippen molar-refractivity contribution in [1.29, 1.82) is 0 Å². The fourth-order valence-corrected chi connectivity index (χ4v) is 2.18. The minimum absolute atomic E-state index is 0.164. The smallest absolute Gasteiger partial charge is 0.306 e. The fourth-order valence-electron chi connectivity index (χ4n) is 2.18. The number of esters is 1. The quantitative estimate of drug-likeness (QED) is 0.769. The van der Waals surface area contributed by atoms with Crippen molar-refractivity contribution in [1.82, 2.24) is 5.32 Å². The van der Waals surface area contributed by atoms with Gasteiger partial charge in [0.1, 0.15) is 0 Å². The summed E-state index contributed by atoms with van der Waals surface area (Å²) in [6.07, 6.45) is 2.48. The molecule has 3 nitrogen and oxygen atoms in total. The highest BCUT2D eigenvalue weighted by Gasteiger charge is 2.06. The molecule has 0 saturated carbocycles. The van der Waals surface area contributed by atoms with E-state index in [2.05, 4.69) is 49.0 Å². The third-order valence-corrected chi connectivity index (χ3v) is 3.39. The van der Waals surface area contributed by atoms with E-state index in [0.717, 1.165) is 12.8 Å². The minimum Gasteiger partial charge on any atom is -0.469 e. The van der Waals surface area contributed by atoms with Crippen LogP contribution in [0.25, 0.3) is 0 Å². The lowest BCUT2D eigenvalue weighted by molar-refractivity contribution is -0.140. The van der Waals surface area contributed by atoms with Gasteiger partial charge in [-0.3, -0.25) is 4.79 Å². The highest BCUT2D eigenvalue weighted by Crippen LogP contribution is 2.13. The first kappa shape index (κ1) is 15.7. The average Bonchev–Trinajstić information content (AvgIpc) is 2.40. The topological polar surface area (TPSA) is 38.3 Å². The van der Waals surface area contributed by atoms with Crippen LogP contribution in [0.3, 0.4) is 0 Å². The molecular formula is C16H25NO2. The second-order valence-electron chi connectivity index (χ2n) is 5.00. The molecular weight excluding hydrogens is 238 g/mol. The van der Waals surface area contributed by atoms with E-state index in [0.29, 0.717) is 19.0 Å². The zero-order valence-electron chi connectivity index (χ0n) is 12.5. The molecule has 1 atom stereocenters. The highest BCUT2D eigenvalue weighted by molar-refractivity contribution is 5.69. The molecule has 1 rings (SSSR count). The molecule has 0 aliphatic rings. The predicted octanol–water partition coefficient (Wildman–Crippen LogP) is 2.64. The lowest BCUT2D eigenvalue weighted by Crippen LogP contribution is -2.30. The van der Waals surface area contributed by atoms with Gasteiger partial charge in [-0.15, -0.1) is 0 Å². The summed E-state index contributed by atoms with van der Waals surface area (Å²) >= 11 is 0. The summed E-state index contributed by atoms with van der Waals surface area (Å²) in [6.45, 7) is 7.15. The van der Waals surface area contributed by atoms with Gasteiger partial charge in [0.05, 0.1) is 13.5 Å². The summed E-state index contributed by atoms with van der Waals surface area (Å²) < 4.78 is 4.61. The van der Waals surface area contributed by atoms with Gasteiger partial charge in [0.25, 0.3) is 0 Å². The highest BCUT2D eigenvalue weighted by atomic mass is 16.5. The Balaban J connectivity index is 2.43. The van der Waals surface area contributed by atoms with Crippen molar-refractivity contribution < 1.29 is 9.53 Å². The Morgan fingerprint density at radius 1 is 1.42 bits per heavy atom. The summed E-state index contributed by atoms with van der Waals surface area (Å²) in [5.74, 6) is -0.164. The maximum Gasteiger partial charge on any atom is 0.306 e. The van der Waals surface area contributed by atoms with Crippen molar-refractivity contribution >= 4 is 5.97 Å². The molecule has 0 radical (unpaired) electrons. The Hall–Kier alpha value is -1.35. The van der Waals surface area contributed by atoms with Crippen LogP contribution in [-0.2, 0) is 22.4 Å². The number of hydrogen-bond donors (Lipinski definition) is 1. The van der Waals surface area contributed by atoms with Crippen LogP contribution in [0.5, 0.6) is 0 Å². The number of nitrogens with one attached hydrogen (secondary N) is 1. The molecule has 3 heteroatoms. The van der Waals surface area contributed by atoms with Crippen molar-refractivity contribution in [3.8, 4) is 0 Å². The van der Waals surface area contributed by atoms with Crippen LogP contribution in [0.15, 0.2) is 18.2 Å². The molecule has 0 fully saturated rings. The Morgan fingerprint density at radius 3 is 2.79 bits per heavy atom. The molecule has 19 heavy (non-hydrogen) atoms. The molecule has 0 bridgehead atoms. The van der Waals surface area contributed by atoms with Gasteiger partial charge in [-0.1, -0.05) is 25.1 Å². The number of methoxy groups -OCH3 is 1. The Kier molecular flexibility index (Phi) is 6.57. The van der Waals surface area contributed by atoms with Gasteiger partial charge >= 0.3 is 5.97 Å². The first-order valence-electron chi connectivity index (χ1n) is 6.95. The van der Waals surface area contributed by atoms with E-state index in [4.69, 9.17) is 0 Å². The van der Waals surface area contributed by atoms with Gasteiger partial charge in [0.2, 0.25) is 0 Å². The van der Waals surface area contributed by atoms with E-state index in [1.807, 2.05) is 0 Å². The van der Waals surface area contributed by atoms with E-state index in [1.165, 1.54) is 23.8 Å². The third kappa shape index (κ3) is 5.43. The van der Waals surface area contributed by atoms with Crippen LogP contribution in [0, 0.1) is 6.92 Å². The standard InChI is InChI=1S/C16H25NO2/c1-5-15-11-14(7-6-12(15)2)10-13(3)17-9-8-16(18)19-4/h6-7,11,13,17H,5,8-10H2,1-4H3. The molecule has 1 aromatic carbocycles. The van der Waals surface area contributed by atoms with Crippen LogP contribution < -0.4 is 5.32 Å². The molecule has 0 saturated heterocycles. The maximum absolute atomic E-state index is 11.0. The van der Waals surface area contributed by atoms with Gasteiger partial charge in [0, 0.05) is 12.6 Å². The Morgan fingerprint density at radius 2 is 2.16 bits per heavy atom. The fraction of sp³-hybridized carbons (Fsp3) is 0.562. The number of carbonyl (C=O) groups is 1. The number of aryl methyl sites for hydroxylation is 2. The molecule has 0 aromatic heterocycles. The largest absolute Gasteiger partial charge is 0.469 e. The van der Waals surface area contributed by atoms with E-state index >= 15 is 0 Å². The molecule has 0 amide bonds. The maximum atomic E-state index is 11.0. The summed E-state index contributed by atoms with van der Waals surface area (Å²) in [7, 11) is 1.42. The first-order chi connectivity index (χ1) is 9.06. The molecule has 1 unspecified atom stereocenters. The van der Waals surface area contributed by atoms with Crippen LogP contribution in [0.4, 0.5) is 0 Å². The second-order valence-corrected chi connectivity index (χ2v) is 5.00. The lowest BCUT2D eigenvalue weighted by atomic mass is 9.99. The molecule has 0 spiro atoms. The van der Waals surface area contributed by atoms with E-state index in [1.54, 1.807) is 0 Å². The van der Waals surface area contributed by atoms with Gasteiger partial charge in [0.15, 0.2) is 0 Å². The SMILES string of the molecule is CCc1cc(CC(C)NCCC(=O)OC)ccc1C. The summed E-state index contributed by atoms with van der Waals surface area (Å²) in [6, 6.07) is 7.02. The summed E-state index contributed by atoms with van der Waals surface area (Å²) in [5.41, 5.74) is 4.12. The third-order valence-electron chi connectivity index (χ3n) is 3.39. The monoisotopic (exact) mass is 263 g/mol. The van der Waals surface area contributed by atoms with Crippen molar-refractivity contribution in [3.05, 3.63) is 34.9 Å². The van der Waals surface area contributed by atoms with Crippen LogP contribution >= 0.6 is 0 Å². The molecule has 106 valence electrons. The molecule has 1 N–H and O–H groups in total. The van der Waals surface area contributed by atoms with Crippen LogP contribution in [-0.4, -0.2) is 25.7 Å². The van der Waals surface area contributed by atoms with E-state index in [9.17, 15) is 4.79 Å². The molecule has 1 aromatic rings. The molecule has 0 heterocycles. The van der Waals surface area contributed by atoms with Crippen LogP contribution in [0.1, 0.15) is 37.0 Å². The number of benzene rings is 1. The Bertz CT molecular complexity index is 415. The lowest BCUT2D eigenvalue weighted by Gasteiger charge is -2.14. The number of rotatable bonds is 7. The first-order valence-corrected chi connectivity index (χ1v) is 6.95. The number of hydrogen-bond acceptors (Lipinski definition) is 3. The van der Waals surface area contributed by atoms with Crippen molar-refractivity contribution in [3.63, 3.8) is 0 Å². The number of carbonyl (C=O) groups excluding carboxylic acids is 1. The van der Waals surface area contributed by atoms with Gasteiger partial charge in [-0.2, -0.15) is 0 Å². The van der Waals surface area contributed by atoms with Crippen molar-refractivity contribution in [2.24, 2.45) is 0 Å². The second kappa shape index (κ2) is 7.95. The predicted molar refractivity (Wildman–Crippen MR) is 78.4 cm³/mol. The molecule has 0 aliphatic heterocycles. The van der Waals surface area contributed by atoms with Crippen molar-refractivity contribution in [2.75, 3.05) is 13.7 Å². The molecule has 0 aliphatic carbocycles. The average molecular weight is 263 g/mol. The normalized spacial score (nSPS) is 12.2. The zero-order chi connectivity index (χ0) is 14.3. The number of ether oxygens (including phenoxy) is 1. The van der Waals surface area contributed by atoms with Gasteiger partial charge < -0.3 is 10.1 Å². The van der Waals surface area contributed by atoms with Crippen molar-refractivity contribution in [2.45, 2.75) is 46.1 Å².